The van der Waals surface area contributed by atoms with Gasteiger partial charge in [-0.05, 0) is 30.5 Å². The molecule has 1 saturated heterocycles. The van der Waals surface area contributed by atoms with E-state index in [1.807, 2.05) is 27.8 Å². The maximum atomic E-state index is 12.8. The summed E-state index contributed by atoms with van der Waals surface area (Å²) in [6.07, 6.45) is 5.72. The molecule has 1 unspecified atom stereocenters. The highest BCUT2D eigenvalue weighted by Gasteiger charge is 2.30. The molecule has 0 radical (unpaired) electrons. The summed E-state index contributed by atoms with van der Waals surface area (Å²) in [6, 6.07) is 8.21. The number of methoxy groups -OCH3 is 1. The fourth-order valence-corrected chi connectivity index (χ4v) is 3.43. The van der Waals surface area contributed by atoms with Crippen molar-refractivity contribution < 1.29 is 9.53 Å². The number of nitrogens with zero attached hydrogens (tertiary/aromatic N) is 3. The molecule has 1 aromatic carbocycles. The molecule has 128 valence electrons. The molecule has 0 spiro atoms. The van der Waals surface area contributed by atoms with Crippen LogP contribution in [0.2, 0.25) is 0 Å². The number of benzene rings is 1. The van der Waals surface area contributed by atoms with Gasteiger partial charge in [0, 0.05) is 24.9 Å². The van der Waals surface area contributed by atoms with Gasteiger partial charge in [0.2, 0.25) is 5.91 Å². The summed E-state index contributed by atoms with van der Waals surface area (Å²) in [5, 5.41) is 0. The number of carbonyl (C=O) groups is 1. The van der Waals surface area contributed by atoms with E-state index in [-0.39, 0.29) is 11.9 Å². The van der Waals surface area contributed by atoms with E-state index >= 15 is 0 Å². The van der Waals surface area contributed by atoms with Crippen LogP contribution in [-0.2, 0) is 11.3 Å². The first kappa shape index (κ1) is 16.6. The van der Waals surface area contributed by atoms with E-state index in [1.54, 1.807) is 13.3 Å². The molecule has 1 amide bonds. The van der Waals surface area contributed by atoms with E-state index in [4.69, 9.17) is 4.74 Å². The number of aromatic nitrogens is 2. The second-order valence-corrected chi connectivity index (χ2v) is 6.59. The summed E-state index contributed by atoms with van der Waals surface area (Å²) in [4.78, 5) is 19.2. The summed E-state index contributed by atoms with van der Waals surface area (Å²) in [5.74, 6) is 2.27. The van der Waals surface area contributed by atoms with E-state index in [0.717, 1.165) is 31.0 Å². The van der Waals surface area contributed by atoms with Gasteiger partial charge in [0.05, 0.1) is 13.2 Å². The summed E-state index contributed by atoms with van der Waals surface area (Å²) < 4.78 is 7.19. The van der Waals surface area contributed by atoms with Crippen molar-refractivity contribution in [1.29, 1.82) is 0 Å². The molecule has 2 heterocycles. The Labute approximate surface area is 143 Å². The molecule has 2 aromatic rings. The van der Waals surface area contributed by atoms with Crippen LogP contribution in [0.5, 0.6) is 5.75 Å². The Morgan fingerprint density at radius 3 is 2.75 bits per heavy atom. The van der Waals surface area contributed by atoms with Crippen molar-refractivity contribution in [2.45, 2.75) is 45.2 Å². The first-order valence-electron chi connectivity index (χ1n) is 8.54. The second kappa shape index (κ2) is 7.07. The lowest BCUT2D eigenvalue weighted by atomic mass is 10.0. The van der Waals surface area contributed by atoms with Gasteiger partial charge >= 0.3 is 0 Å². The fraction of sp³-hybridized carbons (Fsp3) is 0.474. The Balaban J connectivity index is 1.74. The van der Waals surface area contributed by atoms with Crippen LogP contribution in [0, 0.1) is 0 Å². The third kappa shape index (κ3) is 3.30. The summed E-state index contributed by atoms with van der Waals surface area (Å²) >= 11 is 0. The van der Waals surface area contributed by atoms with Crippen molar-refractivity contribution in [2.75, 3.05) is 13.7 Å². The Morgan fingerprint density at radius 2 is 2.08 bits per heavy atom. The Hall–Kier alpha value is -2.30. The van der Waals surface area contributed by atoms with Crippen molar-refractivity contribution in [3.8, 4) is 5.75 Å². The van der Waals surface area contributed by atoms with Gasteiger partial charge in [0.15, 0.2) is 0 Å². The van der Waals surface area contributed by atoms with Crippen LogP contribution in [0.15, 0.2) is 36.7 Å². The molecule has 0 bridgehead atoms. The minimum atomic E-state index is 0.160. The number of ether oxygens (including phenoxy) is 1. The molecule has 1 aliphatic heterocycles. The van der Waals surface area contributed by atoms with Crippen LogP contribution >= 0.6 is 0 Å². The summed E-state index contributed by atoms with van der Waals surface area (Å²) in [5.41, 5.74) is 1.18. The predicted molar refractivity (Wildman–Crippen MR) is 93.0 cm³/mol. The van der Waals surface area contributed by atoms with Gasteiger partial charge in [-0.2, -0.15) is 0 Å². The molecule has 5 heteroatoms. The van der Waals surface area contributed by atoms with E-state index in [1.165, 1.54) is 5.56 Å². The molecule has 1 aromatic heterocycles. The highest BCUT2D eigenvalue weighted by molar-refractivity contribution is 5.77. The number of hydrogen-bond acceptors (Lipinski definition) is 3. The maximum Gasteiger partial charge on any atom is 0.243 e. The highest BCUT2D eigenvalue weighted by atomic mass is 16.5. The van der Waals surface area contributed by atoms with Crippen LogP contribution in [0.25, 0.3) is 0 Å². The van der Waals surface area contributed by atoms with Crippen LogP contribution < -0.4 is 4.74 Å². The normalized spacial score (nSPS) is 17.5. The smallest absolute Gasteiger partial charge is 0.243 e. The lowest BCUT2D eigenvalue weighted by Gasteiger charge is -2.26. The summed E-state index contributed by atoms with van der Waals surface area (Å²) in [7, 11) is 1.66. The predicted octanol–water partition coefficient (Wildman–Crippen LogP) is 3.38. The van der Waals surface area contributed by atoms with Crippen LogP contribution in [-0.4, -0.2) is 34.0 Å². The standard InChI is InChI=1S/C19H25N3O2/c1-14(2)19-20-10-12-21(19)13-18(23)22-11-4-5-17(22)15-6-8-16(24-3)9-7-15/h6-10,12,14,17H,4-5,11,13H2,1-3H3. The molecular formula is C19H25N3O2. The Bertz CT molecular complexity index is 691. The molecular weight excluding hydrogens is 302 g/mol. The van der Waals surface area contributed by atoms with Gasteiger partial charge in [-0.25, -0.2) is 4.98 Å². The van der Waals surface area contributed by atoms with Gasteiger partial charge in [0.25, 0.3) is 0 Å². The van der Waals surface area contributed by atoms with Crippen molar-refractivity contribution in [2.24, 2.45) is 0 Å². The number of rotatable bonds is 5. The average molecular weight is 327 g/mol. The Kier molecular flexibility index (Phi) is 4.88. The topological polar surface area (TPSA) is 47.4 Å². The molecule has 1 fully saturated rings. The number of imidazole rings is 1. The quantitative estimate of drug-likeness (QED) is 0.846. The van der Waals surface area contributed by atoms with Gasteiger partial charge in [0.1, 0.15) is 18.1 Å². The van der Waals surface area contributed by atoms with E-state index < -0.39 is 0 Å². The Morgan fingerprint density at radius 1 is 1.33 bits per heavy atom. The lowest BCUT2D eigenvalue weighted by Crippen LogP contribution is -2.33. The van der Waals surface area contributed by atoms with E-state index in [2.05, 4.69) is 31.0 Å². The maximum absolute atomic E-state index is 12.8. The van der Waals surface area contributed by atoms with E-state index in [9.17, 15) is 4.79 Å². The van der Waals surface area contributed by atoms with Crippen molar-refractivity contribution in [1.82, 2.24) is 14.5 Å². The van der Waals surface area contributed by atoms with Crippen LogP contribution in [0.1, 0.15) is 50.0 Å². The van der Waals surface area contributed by atoms with Gasteiger partial charge < -0.3 is 14.2 Å². The third-order valence-corrected chi connectivity index (χ3v) is 4.64. The van der Waals surface area contributed by atoms with Crippen molar-refractivity contribution in [3.05, 3.63) is 48.0 Å². The molecule has 3 rings (SSSR count). The average Bonchev–Trinajstić information content (AvgIpc) is 3.24. The van der Waals surface area contributed by atoms with Gasteiger partial charge in [-0.1, -0.05) is 26.0 Å². The zero-order chi connectivity index (χ0) is 17.1. The first-order chi connectivity index (χ1) is 11.6. The monoisotopic (exact) mass is 327 g/mol. The molecule has 0 saturated carbocycles. The molecule has 1 atom stereocenters. The van der Waals surface area contributed by atoms with Crippen LogP contribution in [0.4, 0.5) is 0 Å². The fourth-order valence-electron chi connectivity index (χ4n) is 3.43. The second-order valence-electron chi connectivity index (χ2n) is 6.59. The SMILES string of the molecule is COc1ccc(C2CCCN2C(=O)Cn2ccnc2C(C)C)cc1. The third-order valence-electron chi connectivity index (χ3n) is 4.64. The van der Waals surface area contributed by atoms with Crippen LogP contribution in [0.3, 0.4) is 0 Å². The van der Waals surface area contributed by atoms with Gasteiger partial charge in [-0.3, -0.25) is 4.79 Å². The molecule has 1 aliphatic rings. The van der Waals surface area contributed by atoms with Gasteiger partial charge in [-0.15, -0.1) is 0 Å². The zero-order valence-corrected chi connectivity index (χ0v) is 14.6. The van der Waals surface area contributed by atoms with Crippen molar-refractivity contribution in [3.63, 3.8) is 0 Å². The minimum Gasteiger partial charge on any atom is -0.497 e. The van der Waals surface area contributed by atoms with Crippen molar-refractivity contribution >= 4 is 5.91 Å². The number of amides is 1. The largest absolute Gasteiger partial charge is 0.497 e. The molecule has 0 aliphatic carbocycles. The minimum absolute atomic E-state index is 0.160. The molecule has 0 N–H and O–H groups in total. The van der Waals surface area contributed by atoms with E-state index in [0.29, 0.717) is 12.5 Å². The summed E-state index contributed by atoms with van der Waals surface area (Å²) in [6.45, 7) is 5.38. The zero-order valence-electron chi connectivity index (χ0n) is 14.6. The first-order valence-corrected chi connectivity index (χ1v) is 8.54. The molecule has 24 heavy (non-hydrogen) atoms. The highest BCUT2D eigenvalue weighted by Crippen LogP contribution is 2.33. The lowest BCUT2D eigenvalue weighted by molar-refractivity contribution is -0.132. The number of carbonyl (C=O) groups excluding carboxylic acids is 1. The molecule has 5 nitrogen and oxygen atoms in total. The number of likely N-dealkylation sites (tertiary alicyclic amines) is 1. The number of hydrogen-bond donors (Lipinski definition) is 0.